The molecule has 3 aromatic rings. The number of nitrogens with zero attached hydrogens (tertiary/aromatic N) is 3. The molecule has 3 aromatic carbocycles. The zero-order valence-electron chi connectivity index (χ0n) is 22.6. The molecule has 11 heteroatoms. The van der Waals surface area contributed by atoms with Crippen LogP contribution in [-0.4, -0.2) is 55.7 Å². The van der Waals surface area contributed by atoms with E-state index in [2.05, 4.69) is 5.32 Å². The standard InChI is InChI=1S/C29H34N4O6S/c1-3-19-30-29(35)27(4-2)31(20-18-23-12-7-5-8-13-23)28(34)22-32(24-14-11-15-25(21-24)33(36)37)40(38,39)26-16-9-6-10-17-26/h5-17,21,27H,3-4,18-20,22H2,1-2H3,(H,30,35)/t27-/m1/s1. The lowest BCUT2D eigenvalue weighted by atomic mass is 10.1. The Bertz CT molecular complexity index is 1400. The molecule has 0 aliphatic heterocycles. The van der Waals surface area contributed by atoms with Gasteiger partial charge in [0.2, 0.25) is 11.8 Å². The minimum atomic E-state index is -4.30. The van der Waals surface area contributed by atoms with Crippen LogP contribution in [0.25, 0.3) is 0 Å². The number of hydrogen-bond donors (Lipinski definition) is 1. The molecule has 0 saturated heterocycles. The second kappa shape index (κ2) is 14.2. The summed E-state index contributed by atoms with van der Waals surface area (Å²) in [4.78, 5) is 39.2. The van der Waals surface area contributed by atoms with Crippen LogP contribution in [0.5, 0.6) is 0 Å². The lowest BCUT2D eigenvalue weighted by Gasteiger charge is -2.33. The van der Waals surface area contributed by atoms with Gasteiger partial charge in [-0.3, -0.25) is 24.0 Å². The van der Waals surface area contributed by atoms with E-state index in [0.29, 0.717) is 19.4 Å². The zero-order valence-corrected chi connectivity index (χ0v) is 23.4. The third kappa shape index (κ3) is 7.66. The number of sulfonamides is 1. The molecule has 0 bridgehead atoms. The zero-order chi connectivity index (χ0) is 29.1. The van der Waals surface area contributed by atoms with Crippen molar-refractivity contribution in [1.82, 2.24) is 10.2 Å². The van der Waals surface area contributed by atoms with Crippen LogP contribution in [0.3, 0.4) is 0 Å². The van der Waals surface area contributed by atoms with Gasteiger partial charge in [-0.15, -0.1) is 0 Å². The maximum atomic E-state index is 13.9. The van der Waals surface area contributed by atoms with Crippen molar-refractivity contribution in [2.24, 2.45) is 0 Å². The first kappa shape index (κ1) is 30.3. The van der Waals surface area contributed by atoms with Crippen LogP contribution in [0.2, 0.25) is 0 Å². The Morgan fingerprint density at radius 1 is 0.950 bits per heavy atom. The first-order valence-electron chi connectivity index (χ1n) is 13.1. The third-order valence-electron chi connectivity index (χ3n) is 6.36. The lowest BCUT2D eigenvalue weighted by molar-refractivity contribution is -0.384. The smallest absolute Gasteiger partial charge is 0.271 e. The summed E-state index contributed by atoms with van der Waals surface area (Å²) in [5, 5.41) is 14.3. The number of carbonyl (C=O) groups is 2. The van der Waals surface area contributed by atoms with Crippen LogP contribution in [0.4, 0.5) is 11.4 Å². The van der Waals surface area contributed by atoms with Gasteiger partial charge in [0, 0.05) is 25.2 Å². The van der Waals surface area contributed by atoms with Crippen LogP contribution in [-0.2, 0) is 26.0 Å². The highest BCUT2D eigenvalue weighted by Gasteiger charge is 2.33. The molecule has 0 aliphatic carbocycles. The van der Waals surface area contributed by atoms with E-state index in [9.17, 15) is 28.1 Å². The van der Waals surface area contributed by atoms with Crippen molar-refractivity contribution in [3.63, 3.8) is 0 Å². The molecule has 0 saturated carbocycles. The summed E-state index contributed by atoms with van der Waals surface area (Å²) in [6, 6.07) is 21.3. The van der Waals surface area contributed by atoms with Gasteiger partial charge in [-0.1, -0.05) is 68.4 Å². The number of anilines is 1. The van der Waals surface area contributed by atoms with Crippen molar-refractivity contribution in [2.45, 2.75) is 44.0 Å². The van der Waals surface area contributed by atoms with Crippen LogP contribution >= 0.6 is 0 Å². The average molecular weight is 567 g/mol. The number of nitrogens with one attached hydrogen (secondary N) is 1. The largest absolute Gasteiger partial charge is 0.354 e. The monoisotopic (exact) mass is 566 g/mol. The molecule has 0 fully saturated rings. The highest BCUT2D eigenvalue weighted by atomic mass is 32.2. The van der Waals surface area contributed by atoms with Gasteiger partial charge in [-0.2, -0.15) is 0 Å². The fraction of sp³-hybridized carbons (Fsp3) is 0.310. The minimum Gasteiger partial charge on any atom is -0.354 e. The van der Waals surface area contributed by atoms with Crippen LogP contribution in [0.15, 0.2) is 89.8 Å². The van der Waals surface area contributed by atoms with Gasteiger partial charge in [0.1, 0.15) is 12.6 Å². The SMILES string of the molecule is CCCNC(=O)[C@@H](CC)N(CCc1ccccc1)C(=O)CN(c1cccc([N+](=O)[O-])c1)S(=O)(=O)c1ccccc1. The number of rotatable bonds is 14. The fourth-order valence-electron chi connectivity index (χ4n) is 4.27. The number of nitro benzene ring substituents is 1. The topological polar surface area (TPSA) is 130 Å². The molecule has 212 valence electrons. The van der Waals surface area contributed by atoms with E-state index in [1.165, 1.54) is 35.2 Å². The molecule has 3 rings (SSSR count). The number of hydrogen-bond acceptors (Lipinski definition) is 6. The van der Waals surface area contributed by atoms with Crippen LogP contribution < -0.4 is 9.62 Å². The maximum absolute atomic E-state index is 13.9. The number of amides is 2. The van der Waals surface area contributed by atoms with Gasteiger partial charge in [-0.25, -0.2) is 8.42 Å². The van der Waals surface area contributed by atoms with Crippen LogP contribution in [0, 0.1) is 10.1 Å². The van der Waals surface area contributed by atoms with Crippen molar-refractivity contribution >= 4 is 33.2 Å². The molecule has 0 aliphatic rings. The van der Waals surface area contributed by atoms with Gasteiger partial charge < -0.3 is 10.2 Å². The number of nitro groups is 1. The molecule has 10 nitrogen and oxygen atoms in total. The minimum absolute atomic E-state index is 0.0297. The van der Waals surface area contributed by atoms with Crippen LogP contribution in [0.1, 0.15) is 32.3 Å². The van der Waals surface area contributed by atoms with E-state index in [4.69, 9.17) is 0 Å². The predicted octanol–water partition coefficient (Wildman–Crippen LogP) is 4.17. The van der Waals surface area contributed by atoms with Crippen molar-refractivity contribution in [3.05, 3.63) is 101 Å². The van der Waals surface area contributed by atoms with E-state index in [0.717, 1.165) is 22.4 Å². The molecule has 40 heavy (non-hydrogen) atoms. The summed E-state index contributed by atoms with van der Waals surface area (Å²) in [6.45, 7) is 3.68. The molecule has 1 N–H and O–H groups in total. The second-order valence-corrected chi connectivity index (χ2v) is 11.0. The van der Waals surface area contributed by atoms with Crippen molar-refractivity contribution in [3.8, 4) is 0 Å². The highest BCUT2D eigenvalue weighted by Crippen LogP contribution is 2.27. The second-order valence-electron chi connectivity index (χ2n) is 9.14. The Hall–Kier alpha value is -4.25. The first-order valence-corrected chi connectivity index (χ1v) is 14.6. The highest BCUT2D eigenvalue weighted by molar-refractivity contribution is 7.92. The Labute approximate surface area is 234 Å². The summed E-state index contributed by atoms with van der Waals surface area (Å²) in [5.74, 6) is -0.918. The fourth-order valence-corrected chi connectivity index (χ4v) is 5.70. The molecular formula is C29H34N4O6S. The lowest BCUT2D eigenvalue weighted by Crippen LogP contribution is -2.53. The van der Waals surface area contributed by atoms with E-state index in [-0.39, 0.29) is 28.7 Å². The predicted molar refractivity (Wildman–Crippen MR) is 153 cm³/mol. The third-order valence-corrected chi connectivity index (χ3v) is 8.15. The van der Waals surface area contributed by atoms with E-state index >= 15 is 0 Å². The molecule has 0 unspecified atom stereocenters. The quantitative estimate of drug-likeness (QED) is 0.230. The van der Waals surface area contributed by atoms with Gasteiger partial charge in [0.15, 0.2) is 0 Å². The molecule has 0 aromatic heterocycles. The van der Waals surface area contributed by atoms with Gasteiger partial charge in [-0.05, 0) is 43.0 Å². The summed E-state index contributed by atoms with van der Waals surface area (Å²) < 4.78 is 28.4. The van der Waals surface area contributed by atoms with Crippen molar-refractivity contribution < 1.29 is 22.9 Å². The average Bonchev–Trinajstić information content (AvgIpc) is 2.97. The van der Waals surface area contributed by atoms with Crippen molar-refractivity contribution in [1.29, 1.82) is 0 Å². The normalized spacial score (nSPS) is 11.8. The van der Waals surface area contributed by atoms with Gasteiger partial charge in [0.25, 0.3) is 15.7 Å². The molecule has 0 heterocycles. The van der Waals surface area contributed by atoms with E-state index in [1.807, 2.05) is 37.3 Å². The number of non-ortho nitro benzene ring substituents is 1. The molecule has 1 atom stereocenters. The summed E-state index contributed by atoms with van der Waals surface area (Å²) in [7, 11) is -4.30. The van der Waals surface area contributed by atoms with Gasteiger partial charge >= 0.3 is 0 Å². The first-order chi connectivity index (χ1) is 19.2. The summed E-state index contributed by atoms with van der Waals surface area (Å²) in [6.07, 6.45) is 1.49. The van der Waals surface area contributed by atoms with Gasteiger partial charge in [0.05, 0.1) is 15.5 Å². The maximum Gasteiger partial charge on any atom is 0.271 e. The molecule has 0 radical (unpaired) electrons. The van der Waals surface area contributed by atoms with Crippen molar-refractivity contribution in [2.75, 3.05) is 23.9 Å². The Morgan fingerprint density at radius 3 is 2.20 bits per heavy atom. The van der Waals surface area contributed by atoms with E-state index in [1.54, 1.807) is 25.1 Å². The molecular weight excluding hydrogens is 532 g/mol. The molecule has 2 amide bonds. The Kier molecular flexibility index (Phi) is 10.8. The number of benzene rings is 3. The van der Waals surface area contributed by atoms with E-state index < -0.39 is 33.4 Å². The Morgan fingerprint density at radius 2 is 1.60 bits per heavy atom. The number of carbonyl (C=O) groups excluding carboxylic acids is 2. The molecule has 0 spiro atoms. The Balaban J connectivity index is 2.03. The summed E-state index contributed by atoms with van der Waals surface area (Å²) >= 11 is 0. The summed E-state index contributed by atoms with van der Waals surface area (Å²) in [5.41, 5.74) is 0.610.